The molecule has 0 heterocycles. The second-order valence-electron chi connectivity index (χ2n) is 6.83. The molecular formula is C25H24N2O3. The minimum Gasteiger partial charge on any atom is -0.496 e. The van der Waals surface area contributed by atoms with Crippen LogP contribution in [0.15, 0.2) is 72.8 Å². The summed E-state index contributed by atoms with van der Waals surface area (Å²) in [5.41, 5.74) is 4.26. The van der Waals surface area contributed by atoms with Crippen LogP contribution in [0.3, 0.4) is 0 Å². The van der Waals surface area contributed by atoms with Gasteiger partial charge in [-0.25, -0.2) is 0 Å². The summed E-state index contributed by atoms with van der Waals surface area (Å²) in [7, 11) is 1.60. The molecule has 5 nitrogen and oxygen atoms in total. The minimum atomic E-state index is -0.260. The molecule has 0 radical (unpaired) electrons. The van der Waals surface area contributed by atoms with Crippen LogP contribution >= 0.6 is 0 Å². The Morgan fingerprint density at radius 2 is 1.60 bits per heavy atom. The Bertz CT molecular complexity index is 1090. The highest BCUT2D eigenvalue weighted by atomic mass is 16.5. The van der Waals surface area contributed by atoms with Gasteiger partial charge < -0.3 is 15.4 Å². The van der Waals surface area contributed by atoms with E-state index in [1.165, 1.54) is 6.92 Å². The summed E-state index contributed by atoms with van der Waals surface area (Å²) in [6, 6.07) is 22.4. The van der Waals surface area contributed by atoms with Gasteiger partial charge in [0.05, 0.1) is 7.11 Å². The molecule has 0 aliphatic carbocycles. The Morgan fingerprint density at radius 1 is 0.900 bits per heavy atom. The van der Waals surface area contributed by atoms with Crippen LogP contribution < -0.4 is 15.4 Å². The van der Waals surface area contributed by atoms with Gasteiger partial charge in [0.15, 0.2) is 0 Å². The quantitative estimate of drug-likeness (QED) is 0.445. The van der Waals surface area contributed by atoms with Gasteiger partial charge in [0, 0.05) is 29.4 Å². The normalized spacial score (nSPS) is 11.0. The van der Waals surface area contributed by atoms with Gasteiger partial charge in [-0.3, -0.25) is 9.59 Å². The van der Waals surface area contributed by atoms with E-state index in [2.05, 4.69) is 10.6 Å². The standard InChI is InChI=1S/C25H24N2O3/c1-17-13-14-21(16-23(17)26-18(2)28)27-25(29)22(19-9-5-4-6-10-19)15-20-11-7-8-12-24(20)30-3/h4-16H,1-3H3,(H,26,28)(H,27,29). The van der Waals surface area contributed by atoms with E-state index in [4.69, 9.17) is 4.74 Å². The Morgan fingerprint density at radius 3 is 2.30 bits per heavy atom. The van der Waals surface area contributed by atoms with E-state index in [0.717, 1.165) is 16.7 Å². The van der Waals surface area contributed by atoms with Crippen molar-refractivity contribution in [1.82, 2.24) is 0 Å². The Balaban J connectivity index is 1.98. The first kappa shape index (κ1) is 20.9. The van der Waals surface area contributed by atoms with Crippen LogP contribution in [0.2, 0.25) is 0 Å². The number of para-hydroxylation sites is 1. The molecule has 152 valence electrons. The third-order valence-corrected chi connectivity index (χ3v) is 4.57. The zero-order valence-corrected chi connectivity index (χ0v) is 17.2. The maximum absolute atomic E-state index is 13.2. The molecule has 0 atom stereocenters. The maximum Gasteiger partial charge on any atom is 0.256 e. The predicted molar refractivity (Wildman–Crippen MR) is 121 cm³/mol. The van der Waals surface area contributed by atoms with Crippen molar-refractivity contribution in [1.29, 1.82) is 0 Å². The monoisotopic (exact) mass is 400 g/mol. The number of aryl methyl sites for hydroxylation is 1. The first-order chi connectivity index (χ1) is 14.5. The molecule has 2 amide bonds. The second-order valence-corrected chi connectivity index (χ2v) is 6.83. The number of carbonyl (C=O) groups excluding carboxylic acids is 2. The number of ether oxygens (including phenoxy) is 1. The number of rotatable bonds is 6. The average Bonchev–Trinajstić information content (AvgIpc) is 2.74. The van der Waals surface area contributed by atoms with Crippen LogP contribution in [0.5, 0.6) is 5.75 Å². The summed E-state index contributed by atoms with van der Waals surface area (Å²) >= 11 is 0. The van der Waals surface area contributed by atoms with Gasteiger partial charge in [-0.15, -0.1) is 0 Å². The molecule has 0 aromatic heterocycles. The van der Waals surface area contributed by atoms with Crippen molar-refractivity contribution < 1.29 is 14.3 Å². The zero-order valence-electron chi connectivity index (χ0n) is 17.2. The molecule has 0 aliphatic heterocycles. The number of methoxy groups -OCH3 is 1. The van der Waals surface area contributed by atoms with Gasteiger partial charge in [-0.1, -0.05) is 54.6 Å². The second kappa shape index (κ2) is 9.56. The fraction of sp³-hybridized carbons (Fsp3) is 0.120. The molecule has 3 aromatic carbocycles. The number of hydrogen-bond donors (Lipinski definition) is 2. The summed E-state index contributed by atoms with van der Waals surface area (Å²) in [4.78, 5) is 24.7. The van der Waals surface area contributed by atoms with Gasteiger partial charge in [-0.2, -0.15) is 0 Å². The van der Waals surface area contributed by atoms with E-state index in [0.29, 0.717) is 22.7 Å². The van der Waals surface area contributed by atoms with Crippen LogP contribution in [-0.4, -0.2) is 18.9 Å². The molecule has 0 spiro atoms. The van der Waals surface area contributed by atoms with Crippen molar-refractivity contribution >= 4 is 34.8 Å². The third kappa shape index (κ3) is 5.14. The topological polar surface area (TPSA) is 67.4 Å². The molecule has 3 aromatic rings. The van der Waals surface area contributed by atoms with E-state index in [1.807, 2.05) is 79.7 Å². The average molecular weight is 400 g/mol. The van der Waals surface area contributed by atoms with Crippen molar-refractivity contribution in [2.75, 3.05) is 17.7 Å². The maximum atomic E-state index is 13.2. The molecular weight excluding hydrogens is 376 g/mol. The molecule has 0 fully saturated rings. The lowest BCUT2D eigenvalue weighted by molar-refractivity contribution is -0.114. The lowest BCUT2D eigenvalue weighted by atomic mass is 10.0. The summed E-state index contributed by atoms with van der Waals surface area (Å²) < 4.78 is 5.43. The molecule has 2 N–H and O–H groups in total. The largest absolute Gasteiger partial charge is 0.496 e. The van der Waals surface area contributed by atoms with E-state index in [-0.39, 0.29) is 11.8 Å². The van der Waals surface area contributed by atoms with Crippen molar-refractivity contribution in [3.8, 4) is 5.75 Å². The van der Waals surface area contributed by atoms with Crippen molar-refractivity contribution in [2.24, 2.45) is 0 Å². The smallest absolute Gasteiger partial charge is 0.256 e. The number of carbonyl (C=O) groups is 2. The first-order valence-electron chi connectivity index (χ1n) is 9.57. The highest BCUT2D eigenvalue weighted by Gasteiger charge is 2.14. The Kier molecular flexibility index (Phi) is 6.65. The minimum absolute atomic E-state index is 0.164. The summed E-state index contributed by atoms with van der Waals surface area (Å²) in [6.07, 6.45) is 1.81. The van der Waals surface area contributed by atoms with E-state index >= 15 is 0 Å². The summed E-state index contributed by atoms with van der Waals surface area (Å²) in [6.45, 7) is 3.35. The van der Waals surface area contributed by atoms with Crippen LogP contribution in [0.4, 0.5) is 11.4 Å². The predicted octanol–water partition coefficient (Wildman–Crippen LogP) is 5.14. The molecule has 0 saturated heterocycles. The Hall–Kier alpha value is -3.86. The number of nitrogens with one attached hydrogen (secondary N) is 2. The fourth-order valence-corrected chi connectivity index (χ4v) is 3.06. The molecule has 3 rings (SSSR count). The van der Waals surface area contributed by atoms with Crippen LogP contribution in [0.25, 0.3) is 11.6 Å². The number of hydrogen-bond acceptors (Lipinski definition) is 3. The van der Waals surface area contributed by atoms with Crippen molar-refractivity contribution in [2.45, 2.75) is 13.8 Å². The highest BCUT2D eigenvalue weighted by Crippen LogP contribution is 2.27. The third-order valence-electron chi connectivity index (χ3n) is 4.57. The highest BCUT2D eigenvalue weighted by molar-refractivity contribution is 6.29. The summed E-state index contributed by atoms with van der Waals surface area (Å²) in [5, 5.41) is 5.72. The molecule has 5 heteroatoms. The first-order valence-corrected chi connectivity index (χ1v) is 9.57. The molecule has 0 bridgehead atoms. The van der Waals surface area contributed by atoms with Crippen LogP contribution in [0.1, 0.15) is 23.6 Å². The van der Waals surface area contributed by atoms with E-state index in [1.54, 1.807) is 13.2 Å². The molecule has 0 aliphatic rings. The van der Waals surface area contributed by atoms with Crippen LogP contribution in [-0.2, 0) is 9.59 Å². The van der Waals surface area contributed by atoms with Crippen LogP contribution in [0, 0.1) is 6.92 Å². The summed E-state index contributed by atoms with van der Waals surface area (Å²) in [5.74, 6) is 0.259. The van der Waals surface area contributed by atoms with Gasteiger partial charge in [0.2, 0.25) is 5.91 Å². The lowest BCUT2D eigenvalue weighted by Gasteiger charge is -2.13. The van der Waals surface area contributed by atoms with E-state index in [9.17, 15) is 9.59 Å². The van der Waals surface area contributed by atoms with Gasteiger partial charge >= 0.3 is 0 Å². The lowest BCUT2D eigenvalue weighted by Crippen LogP contribution is -2.14. The SMILES string of the molecule is COc1ccccc1C=C(C(=O)Nc1ccc(C)c(NC(C)=O)c1)c1ccccc1. The molecule has 30 heavy (non-hydrogen) atoms. The van der Waals surface area contributed by atoms with Crippen molar-refractivity contribution in [3.05, 3.63) is 89.5 Å². The van der Waals surface area contributed by atoms with Crippen molar-refractivity contribution in [3.63, 3.8) is 0 Å². The fourth-order valence-electron chi connectivity index (χ4n) is 3.06. The number of anilines is 2. The zero-order chi connectivity index (χ0) is 21.5. The number of amides is 2. The number of benzene rings is 3. The molecule has 0 saturated carbocycles. The Labute approximate surface area is 176 Å². The van der Waals surface area contributed by atoms with Gasteiger partial charge in [0.1, 0.15) is 5.75 Å². The molecule has 0 unspecified atom stereocenters. The van der Waals surface area contributed by atoms with Gasteiger partial charge in [0.25, 0.3) is 5.91 Å². The van der Waals surface area contributed by atoms with Gasteiger partial charge in [-0.05, 0) is 42.3 Å². The van der Waals surface area contributed by atoms with E-state index < -0.39 is 0 Å².